The second kappa shape index (κ2) is 6.68. The average molecular weight is 325 g/mol. The Morgan fingerprint density at radius 2 is 1.89 bits per heavy atom. The van der Waals surface area contributed by atoms with E-state index in [1.165, 1.54) is 12.1 Å². The van der Waals surface area contributed by atoms with Crippen molar-refractivity contribution in [1.29, 1.82) is 0 Å². The van der Waals surface area contributed by atoms with Gasteiger partial charge in [-0.25, -0.2) is 4.39 Å². The first-order valence-corrected chi connectivity index (χ1v) is 6.74. The van der Waals surface area contributed by atoms with E-state index in [0.29, 0.717) is 10.9 Å². The highest BCUT2D eigenvalue weighted by Crippen LogP contribution is 2.20. The monoisotopic (exact) mass is 324 g/mol. The van der Waals surface area contributed by atoms with Crippen LogP contribution in [0.5, 0.6) is 5.75 Å². The molecule has 1 N–H and O–H groups in total. The number of hydrogen-bond donors (Lipinski definition) is 1. The summed E-state index contributed by atoms with van der Waals surface area (Å²) in [7, 11) is 0. The van der Waals surface area contributed by atoms with Crippen molar-refractivity contribution in [3.05, 3.63) is 64.4 Å². The molecule has 0 fully saturated rings. The molecular formula is C15H14BrFO2. The summed E-state index contributed by atoms with van der Waals surface area (Å²) in [6.45, 7) is 0.202. The van der Waals surface area contributed by atoms with Crippen LogP contribution in [0.15, 0.2) is 53.0 Å². The van der Waals surface area contributed by atoms with Crippen LogP contribution < -0.4 is 4.74 Å². The van der Waals surface area contributed by atoms with E-state index in [4.69, 9.17) is 4.74 Å². The van der Waals surface area contributed by atoms with Gasteiger partial charge in [-0.15, -0.1) is 0 Å². The zero-order valence-corrected chi connectivity index (χ0v) is 11.8. The minimum Gasteiger partial charge on any atom is -0.491 e. The highest BCUT2D eigenvalue weighted by Gasteiger charge is 2.10. The van der Waals surface area contributed by atoms with Crippen molar-refractivity contribution in [3.8, 4) is 5.75 Å². The van der Waals surface area contributed by atoms with Crippen molar-refractivity contribution in [3.63, 3.8) is 0 Å². The summed E-state index contributed by atoms with van der Waals surface area (Å²) in [6.07, 6.45) is -0.227. The third-order valence-corrected chi connectivity index (χ3v) is 3.39. The smallest absolute Gasteiger partial charge is 0.124 e. The van der Waals surface area contributed by atoms with Crippen LogP contribution in [0.25, 0.3) is 0 Å². The molecule has 2 aromatic carbocycles. The molecule has 100 valence electrons. The molecule has 2 aromatic rings. The first-order valence-electron chi connectivity index (χ1n) is 5.95. The van der Waals surface area contributed by atoms with Gasteiger partial charge >= 0.3 is 0 Å². The van der Waals surface area contributed by atoms with Crippen molar-refractivity contribution >= 4 is 15.9 Å². The number of aliphatic hydroxyl groups is 1. The Morgan fingerprint density at radius 3 is 2.58 bits per heavy atom. The van der Waals surface area contributed by atoms with E-state index < -0.39 is 6.10 Å². The SMILES string of the molecule is OC(COc1ccccc1)Cc1ccc(F)cc1Br. The van der Waals surface area contributed by atoms with Crippen LogP contribution in [0.2, 0.25) is 0 Å². The number of para-hydroxylation sites is 1. The van der Waals surface area contributed by atoms with Crippen molar-refractivity contribution in [1.82, 2.24) is 0 Å². The quantitative estimate of drug-likeness (QED) is 0.911. The Bertz CT molecular complexity index is 531. The topological polar surface area (TPSA) is 29.5 Å². The van der Waals surface area contributed by atoms with Gasteiger partial charge in [0.25, 0.3) is 0 Å². The van der Waals surface area contributed by atoms with Crippen molar-refractivity contribution in [2.75, 3.05) is 6.61 Å². The molecule has 1 unspecified atom stereocenters. The number of hydrogen-bond acceptors (Lipinski definition) is 2. The van der Waals surface area contributed by atoms with Crippen LogP contribution in [0.1, 0.15) is 5.56 Å². The molecule has 2 rings (SSSR count). The zero-order chi connectivity index (χ0) is 13.7. The van der Waals surface area contributed by atoms with Crippen LogP contribution in [0, 0.1) is 5.82 Å². The normalized spacial score (nSPS) is 12.2. The van der Waals surface area contributed by atoms with Crippen molar-refractivity contribution < 1.29 is 14.2 Å². The lowest BCUT2D eigenvalue weighted by Crippen LogP contribution is -2.20. The summed E-state index contributed by atoms with van der Waals surface area (Å²) in [5, 5.41) is 9.92. The van der Waals surface area contributed by atoms with E-state index in [9.17, 15) is 9.50 Å². The Balaban J connectivity index is 1.89. The molecule has 0 saturated heterocycles. The molecule has 0 aliphatic heterocycles. The van der Waals surface area contributed by atoms with Crippen LogP contribution in [-0.2, 0) is 6.42 Å². The molecule has 1 atom stereocenters. The lowest BCUT2D eigenvalue weighted by molar-refractivity contribution is 0.107. The highest BCUT2D eigenvalue weighted by molar-refractivity contribution is 9.10. The maximum Gasteiger partial charge on any atom is 0.124 e. The third kappa shape index (κ3) is 4.33. The molecule has 0 amide bonds. The van der Waals surface area contributed by atoms with E-state index in [-0.39, 0.29) is 12.4 Å². The minimum absolute atomic E-state index is 0.202. The van der Waals surface area contributed by atoms with Gasteiger partial charge in [0.1, 0.15) is 18.2 Å². The fourth-order valence-corrected chi connectivity index (χ4v) is 2.22. The zero-order valence-electron chi connectivity index (χ0n) is 10.2. The average Bonchev–Trinajstić information content (AvgIpc) is 2.41. The summed E-state index contributed by atoms with van der Waals surface area (Å²) in [6, 6.07) is 13.7. The summed E-state index contributed by atoms with van der Waals surface area (Å²) < 4.78 is 19.1. The predicted octanol–water partition coefficient (Wildman–Crippen LogP) is 3.57. The summed E-state index contributed by atoms with van der Waals surface area (Å²) in [5.74, 6) is 0.422. The van der Waals surface area contributed by atoms with Gasteiger partial charge in [0.05, 0.1) is 6.10 Å². The van der Waals surface area contributed by atoms with Crippen LogP contribution in [0.4, 0.5) is 4.39 Å². The molecule has 0 saturated carbocycles. The number of rotatable bonds is 5. The number of halogens is 2. The molecule has 19 heavy (non-hydrogen) atoms. The Hall–Kier alpha value is -1.39. The molecule has 0 radical (unpaired) electrons. The molecule has 2 nitrogen and oxygen atoms in total. The van der Waals surface area contributed by atoms with Gasteiger partial charge in [0, 0.05) is 10.9 Å². The molecule has 4 heteroatoms. The van der Waals surface area contributed by atoms with E-state index in [1.54, 1.807) is 6.07 Å². The van der Waals surface area contributed by atoms with E-state index in [1.807, 2.05) is 30.3 Å². The Kier molecular flexibility index (Phi) is 4.93. The maximum atomic E-state index is 12.9. The molecule has 0 spiro atoms. The van der Waals surface area contributed by atoms with Crippen LogP contribution in [0.3, 0.4) is 0 Å². The van der Waals surface area contributed by atoms with E-state index in [2.05, 4.69) is 15.9 Å². The van der Waals surface area contributed by atoms with Gasteiger partial charge in [-0.3, -0.25) is 0 Å². The summed E-state index contributed by atoms with van der Waals surface area (Å²) >= 11 is 3.28. The fourth-order valence-electron chi connectivity index (χ4n) is 1.71. The Labute approximate surface area is 120 Å². The number of benzene rings is 2. The highest BCUT2D eigenvalue weighted by atomic mass is 79.9. The molecule has 0 aromatic heterocycles. The second-order valence-corrected chi connectivity index (χ2v) is 5.07. The van der Waals surface area contributed by atoms with Crippen molar-refractivity contribution in [2.24, 2.45) is 0 Å². The molecule has 0 heterocycles. The molecular weight excluding hydrogens is 311 g/mol. The molecule has 0 aliphatic carbocycles. The van der Waals surface area contributed by atoms with Gasteiger partial charge in [-0.1, -0.05) is 40.2 Å². The number of ether oxygens (including phenoxy) is 1. The first-order chi connectivity index (χ1) is 9.15. The minimum atomic E-state index is -0.637. The largest absolute Gasteiger partial charge is 0.491 e. The second-order valence-electron chi connectivity index (χ2n) is 4.22. The fraction of sp³-hybridized carbons (Fsp3) is 0.200. The lowest BCUT2D eigenvalue weighted by atomic mass is 10.1. The van der Waals surface area contributed by atoms with Crippen molar-refractivity contribution in [2.45, 2.75) is 12.5 Å². The van der Waals surface area contributed by atoms with Crippen LogP contribution >= 0.6 is 15.9 Å². The van der Waals surface area contributed by atoms with E-state index in [0.717, 1.165) is 11.3 Å². The first kappa shape index (κ1) is 14.0. The maximum absolute atomic E-state index is 12.9. The van der Waals surface area contributed by atoms with Gasteiger partial charge in [0.2, 0.25) is 0 Å². The van der Waals surface area contributed by atoms with Gasteiger partial charge in [-0.05, 0) is 29.8 Å². The standard InChI is InChI=1S/C15H14BrFO2/c16-15-9-12(17)7-6-11(15)8-13(18)10-19-14-4-2-1-3-5-14/h1-7,9,13,18H,8,10H2. The van der Waals surface area contributed by atoms with Gasteiger partial charge in [-0.2, -0.15) is 0 Å². The van der Waals surface area contributed by atoms with E-state index >= 15 is 0 Å². The molecule has 0 bridgehead atoms. The summed E-state index contributed by atoms with van der Waals surface area (Å²) in [5.41, 5.74) is 0.852. The lowest BCUT2D eigenvalue weighted by Gasteiger charge is -2.13. The van der Waals surface area contributed by atoms with Crippen LogP contribution in [-0.4, -0.2) is 17.8 Å². The molecule has 0 aliphatic rings. The Morgan fingerprint density at radius 1 is 1.16 bits per heavy atom. The summed E-state index contributed by atoms with van der Waals surface area (Å²) in [4.78, 5) is 0. The third-order valence-electron chi connectivity index (χ3n) is 2.66. The van der Waals surface area contributed by atoms with Gasteiger partial charge < -0.3 is 9.84 Å². The number of aliphatic hydroxyl groups excluding tert-OH is 1. The van der Waals surface area contributed by atoms with Gasteiger partial charge in [0.15, 0.2) is 0 Å². The predicted molar refractivity (Wildman–Crippen MR) is 75.7 cm³/mol.